The van der Waals surface area contributed by atoms with Gasteiger partial charge in [-0.25, -0.2) is 0 Å². The van der Waals surface area contributed by atoms with Gasteiger partial charge < -0.3 is 9.67 Å². The average molecular weight is 920 g/mol. The zero-order valence-electron chi connectivity index (χ0n) is 32.6. The third-order valence-corrected chi connectivity index (χ3v) is 10.7. The summed E-state index contributed by atoms with van der Waals surface area (Å²) in [5.41, 5.74) is 16.1. The molecule has 0 aliphatic carbocycles. The SMILES string of the molecule is Cc1cc(C)cc(-n2c3ccccc3c3cccc(-c4ccccc4-c4cc(-c5[c-]c(-c6cc(C(C)(C)C)ccn6)ccc5)nc(-c5ccccc5O)c4)c32)c1.[Pt]. The number of phenolic OH excluding ortho intramolecular Hbond substituents is 1. The standard InChI is InChI=1S/C52H42N3O.Pt/c1-33-26-34(2)28-39(27-33)55-49-22-10-8-18-42(49)44-21-13-20-43(51(44)55)41-17-7-6-16-40(41)37-30-47(54-48(31-37)45-19-9-11-23-50(45)56)36-15-12-14-35(29-36)46-32-38(24-25-53-46)52(3,4)5;/h6-28,30-32,56H,1-5H3;/q-1;. The molecule has 0 aliphatic rings. The van der Waals surface area contributed by atoms with E-state index in [1.807, 2.05) is 36.5 Å². The average Bonchev–Trinajstić information content (AvgIpc) is 3.55. The van der Waals surface area contributed by atoms with Crippen LogP contribution in [-0.2, 0) is 26.5 Å². The Labute approximate surface area is 348 Å². The molecule has 9 aromatic rings. The number of pyridine rings is 2. The van der Waals surface area contributed by atoms with Gasteiger partial charge in [0.25, 0.3) is 0 Å². The molecule has 57 heavy (non-hydrogen) atoms. The summed E-state index contributed by atoms with van der Waals surface area (Å²) in [4.78, 5) is 9.92. The van der Waals surface area contributed by atoms with Crippen molar-refractivity contribution in [2.45, 2.75) is 40.0 Å². The van der Waals surface area contributed by atoms with Gasteiger partial charge in [-0.3, -0.25) is 9.97 Å². The molecule has 1 N–H and O–H groups in total. The van der Waals surface area contributed by atoms with Crippen LogP contribution in [0.3, 0.4) is 0 Å². The molecule has 3 aromatic heterocycles. The molecule has 0 fully saturated rings. The van der Waals surface area contributed by atoms with Crippen LogP contribution in [0.2, 0.25) is 0 Å². The van der Waals surface area contributed by atoms with Gasteiger partial charge in [-0.15, -0.1) is 24.3 Å². The van der Waals surface area contributed by atoms with E-state index >= 15 is 0 Å². The number of aromatic nitrogens is 3. The molecule has 9 rings (SSSR count). The van der Waals surface area contributed by atoms with Gasteiger partial charge in [-0.05, 0) is 95.1 Å². The van der Waals surface area contributed by atoms with Gasteiger partial charge >= 0.3 is 0 Å². The number of nitrogens with zero attached hydrogens (tertiary/aromatic N) is 3. The molecule has 0 radical (unpaired) electrons. The molecule has 0 spiro atoms. The van der Waals surface area contributed by atoms with Crippen molar-refractivity contribution in [3.8, 4) is 67.5 Å². The minimum atomic E-state index is -0.0111. The van der Waals surface area contributed by atoms with Gasteiger partial charge in [0.15, 0.2) is 0 Å². The van der Waals surface area contributed by atoms with Crippen molar-refractivity contribution in [2.24, 2.45) is 0 Å². The van der Waals surface area contributed by atoms with Crippen molar-refractivity contribution in [2.75, 3.05) is 0 Å². The molecule has 0 saturated carbocycles. The zero-order chi connectivity index (χ0) is 38.6. The molecule has 282 valence electrons. The first kappa shape index (κ1) is 37.8. The van der Waals surface area contributed by atoms with Crippen LogP contribution in [-0.4, -0.2) is 19.6 Å². The number of rotatable bonds is 6. The van der Waals surface area contributed by atoms with E-state index in [4.69, 9.17) is 9.97 Å². The van der Waals surface area contributed by atoms with Crippen molar-refractivity contribution in [3.05, 3.63) is 181 Å². The van der Waals surface area contributed by atoms with E-state index in [-0.39, 0.29) is 32.2 Å². The summed E-state index contributed by atoms with van der Waals surface area (Å²) >= 11 is 0. The van der Waals surface area contributed by atoms with Crippen LogP contribution in [0, 0.1) is 19.9 Å². The number of para-hydroxylation sites is 3. The largest absolute Gasteiger partial charge is 0.507 e. The number of fused-ring (bicyclic) bond motifs is 3. The second-order valence-corrected chi connectivity index (χ2v) is 15.7. The van der Waals surface area contributed by atoms with E-state index in [1.54, 1.807) is 6.07 Å². The van der Waals surface area contributed by atoms with E-state index in [9.17, 15) is 5.11 Å². The first-order valence-corrected chi connectivity index (χ1v) is 19.1. The van der Waals surface area contributed by atoms with Crippen LogP contribution in [0.4, 0.5) is 0 Å². The second-order valence-electron chi connectivity index (χ2n) is 15.7. The van der Waals surface area contributed by atoms with E-state index in [0.29, 0.717) is 11.3 Å². The molecule has 0 amide bonds. The van der Waals surface area contributed by atoms with Crippen molar-refractivity contribution in [3.63, 3.8) is 0 Å². The van der Waals surface area contributed by atoms with Crippen molar-refractivity contribution >= 4 is 21.8 Å². The fourth-order valence-electron chi connectivity index (χ4n) is 8.02. The Bertz CT molecular complexity index is 2930. The Morgan fingerprint density at radius 2 is 1.18 bits per heavy atom. The van der Waals surface area contributed by atoms with Gasteiger partial charge in [-0.2, -0.15) is 0 Å². The fourth-order valence-corrected chi connectivity index (χ4v) is 8.02. The number of hydrogen-bond donors (Lipinski definition) is 1. The molecule has 3 heterocycles. The number of phenols is 1. The number of aryl methyl sites for hydroxylation is 2. The number of aromatic hydroxyl groups is 1. The summed E-state index contributed by atoms with van der Waals surface area (Å²) in [7, 11) is 0. The maximum atomic E-state index is 11.1. The molecule has 0 aliphatic heterocycles. The molecule has 0 bridgehead atoms. The molecule has 0 unspecified atom stereocenters. The van der Waals surface area contributed by atoms with Crippen molar-refractivity contribution in [1.82, 2.24) is 14.5 Å². The van der Waals surface area contributed by atoms with E-state index in [0.717, 1.165) is 56.0 Å². The van der Waals surface area contributed by atoms with Crippen LogP contribution in [0.25, 0.3) is 83.5 Å². The third kappa shape index (κ3) is 7.11. The third-order valence-electron chi connectivity index (χ3n) is 10.7. The van der Waals surface area contributed by atoms with Crippen LogP contribution in [0.1, 0.15) is 37.5 Å². The fraction of sp³-hybridized carbons (Fsp3) is 0.115. The Morgan fingerprint density at radius 3 is 1.93 bits per heavy atom. The van der Waals surface area contributed by atoms with Crippen LogP contribution in [0.5, 0.6) is 5.75 Å². The van der Waals surface area contributed by atoms with E-state index in [1.165, 1.54) is 33.0 Å². The van der Waals surface area contributed by atoms with E-state index < -0.39 is 0 Å². The Kier molecular flexibility index (Phi) is 10.0. The Morgan fingerprint density at radius 1 is 0.561 bits per heavy atom. The number of hydrogen-bond acceptors (Lipinski definition) is 3. The van der Waals surface area contributed by atoms with E-state index in [2.05, 4.69) is 161 Å². The van der Waals surface area contributed by atoms with Gasteiger partial charge in [0.05, 0.1) is 16.7 Å². The van der Waals surface area contributed by atoms with Crippen LogP contribution >= 0.6 is 0 Å². The quantitative estimate of drug-likeness (QED) is 0.169. The van der Waals surface area contributed by atoms with Crippen molar-refractivity contribution in [1.29, 1.82) is 0 Å². The van der Waals surface area contributed by atoms with Gasteiger partial charge in [0, 0.05) is 66.2 Å². The normalized spacial score (nSPS) is 11.5. The summed E-state index contributed by atoms with van der Waals surface area (Å²) in [6.07, 6.45) is 1.88. The zero-order valence-corrected chi connectivity index (χ0v) is 34.9. The monoisotopic (exact) mass is 919 g/mol. The minimum absolute atomic E-state index is 0. The summed E-state index contributed by atoms with van der Waals surface area (Å²) in [5.74, 6) is 0.181. The molecular formula is C52H42N3OPt-. The summed E-state index contributed by atoms with van der Waals surface area (Å²) in [5, 5.41) is 13.5. The Balaban J connectivity index is 0.00000455. The topological polar surface area (TPSA) is 50.9 Å². The van der Waals surface area contributed by atoms with Crippen LogP contribution in [0.15, 0.2) is 158 Å². The molecule has 0 saturated heterocycles. The molecule has 5 heteroatoms. The summed E-state index contributed by atoms with van der Waals surface area (Å²) < 4.78 is 2.42. The second kappa shape index (κ2) is 15.1. The molecular weight excluding hydrogens is 878 g/mol. The number of benzene rings is 6. The van der Waals surface area contributed by atoms with Gasteiger partial charge in [-0.1, -0.05) is 123 Å². The summed E-state index contributed by atoms with van der Waals surface area (Å²) in [6, 6.07) is 56.4. The Hall–Kier alpha value is -6.09. The molecule has 4 nitrogen and oxygen atoms in total. The van der Waals surface area contributed by atoms with Gasteiger partial charge in [0.2, 0.25) is 0 Å². The predicted molar refractivity (Wildman–Crippen MR) is 232 cm³/mol. The maximum Gasteiger partial charge on any atom is 0.124 e. The molecule has 0 atom stereocenters. The first-order chi connectivity index (χ1) is 27.1. The predicted octanol–water partition coefficient (Wildman–Crippen LogP) is 13.3. The van der Waals surface area contributed by atoms with Crippen LogP contribution < -0.4 is 0 Å². The smallest absolute Gasteiger partial charge is 0.124 e. The maximum absolute atomic E-state index is 11.1. The first-order valence-electron chi connectivity index (χ1n) is 19.1. The summed E-state index contributed by atoms with van der Waals surface area (Å²) in [6.45, 7) is 11.0. The minimum Gasteiger partial charge on any atom is -0.507 e. The molecule has 6 aromatic carbocycles. The van der Waals surface area contributed by atoms with Gasteiger partial charge in [0.1, 0.15) is 5.75 Å². The van der Waals surface area contributed by atoms with Crippen molar-refractivity contribution < 1.29 is 26.2 Å².